The number of rotatable bonds is 0. The zero-order valence-corrected chi connectivity index (χ0v) is 7.97. The third kappa shape index (κ3) is 1.27. The number of fused-ring (bicyclic) bond motifs is 2. The fourth-order valence-corrected chi connectivity index (χ4v) is 2.50. The molecule has 0 amide bonds. The van der Waals surface area contributed by atoms with E-state index in [1.165, 1.54) is 0 Å². The number of aliphatic hydroxyl groups is 1. The molecule has 2 saturated heterocycles. The van der Waals surface area contributed by atoms with Crippen LogP contribution in [-0.2, 0) is 4.74 Å². The van der Waals surface area contributed by atoms with Crippen LogP contribution in [0.1, 0.15) is 46.0 Å². The Kier molecular flexibility index (Phi) is 1.74. The molecule has 2 nitrogen and oxygen atoms in total. The molecule has 2 heterocycles. The van der Waals surface area contributed by atoms with Crippen molar-refractivity contribution in [3.63, 3.8) is 0 Å². The molecule has 3 atom stereocenters. The summed E-state index contributed by atoms with van der Waals surface area (Å²) in [6.07, 6.45) is 5.34. The second kappa shape index (κ2) is 2.46. The highest BCUT2D eigenvalue weighted by atomic mass is 16.5. The van der Waals surface area contributed by atoms with E-state index in [2.05, 4.69) is 6.92 Å². The number of hydrogen-bond donors (Lipinski definition) is 1. The van der Waals surface area contributed by atoms with Gasteiger partial charge in [0, 0.05) is 0 Å². The van der Waals surface area contributed by atoms with Crippen LogP contribution < -0.4 is 0 Å². The van der Waals surface area contributed by atoms with Gasteiger partial charge in [0.25, 0.3) is 0 Å². The van der Waals surface area contributed by atoms with E-state index in [0.717, 1.165) is 32.1 Å². The van der Waals surface area contributed by atoms with Gasteiger partial charge in [-0.2, -0.15) is 0 Å². The standard InChI is InChI=1S/C10H18O2/c1-9-5-3-6-10(2,11)8(12-9)4-7-9/h8,11H,3-7H2,1-2H3/t8-,9-,10-/m1/s1. The van der Waals surface area contributed by atoms with E-state index in [0.29, 0.717) is 0 Å². The van der Waals surface area contributed by atoms with Gasteiger partial charge < -0.3 is 9.84 Å². The van der Waals surface area contributed by atoms with Crippen molar-refractivity contribution in [2.75, 3.05) is 0 Å². The Labute approximate surface area is 73.9 Å². The average Bonchev–Trinajstić information content (AvgIpc) is 2.27. The highest BCUT2D eigenvalue weighted by Gasteiger charge is 2.46. The van der Waals surface area contributed by atoms with E-state index >= 15 is 0 Å². The minimum Gasteiger partial charge on any atom is -0.387 e. The van der Waals surface area contributed by atoms with Gasteiger partial charge in [0.2, 0.25) is 0 Å². The molecular weight excluding hydrogens is 152 g/mol. The normalized spacial score (nSPS) is 53.8. The average molecular weight is 170 g/mol. The summed E-state index contributed by atoms with van der Waals surface area (Å²) in [5.74, 6) is 0. The molecule has 0 aliphatic carbocycles. The maximum absolute atomic E-state index is 10.0. The first-order valence-electron chi connectivity index (χ1n) is 4.92. The molecule has 1 N–H and O–H groups in total. The Bertz CT molecular complexity index is 188. The van der Waals surface area contributed by atoms with Gasteiger partial charge >= 0.3 is 0 Å². The smallest absolute Gasteiger partial charge is 0.0880 e. The molecule has 0 spiro atoms. The molecule has 2 rings (SSSR count). The van der Waals surface area contributed by atoms with Crippen LogP contribution in [0.2, 0.25) is 0 Å². The van der Waals surface area contributed by atoms with Gasteiger partial charge in [-0.25, -0.2) is 0 Å². The van der Waals surface area contributed by atoms with Gasteiger partial charge in [0.05, 0.1) is 17.3 Å². The van der Waals surface area contributed by atoms with Crippen LogP contribution >= 0.6 is 0 Å². The Hall–Kier alpha value is -0.0800. The molecule has 2 fully saturated rings. The van der Waals surface area contributed by atoms with Crippen molar-refractivity contribution in [3.8, 4) is 0 Å². The van der Waals surface area contributed by atoms with E-state index < -0.39 is 5.60 Å². The van der Waals surface area contributed by atoms with Crippen LogP contribution in [0.15, 0.2) is 0 Å². The van der Waals surface area contributed by atoms with Crippen molar-refractivity contribution >= 4 is 0 Å². The molecular formula is C10H18O2. The fraction of sp³-hybridized carbons (Fsp3) is 1.00. The summed E-state index contributed by atoms with van der Waals surface area (Å²) in [4.78, 5) is 0. The molecule has 2 heteroatoms. The van der Waals surface area contributed by atoms with Gasteiger partial charge in [-0.15, -0.1) is 0 Å². The van der Waals surface area contributed by atoms with Crippen LogP contribution in [0.25, 0.3) is 0 Å². The van der Waals surface area contributed by atoms with Crippen molar-refractivity contribution in [2.45, 2.75) is 63.3 Å². The highest BCUT2D eigenvalue weighted by molar-refractivity contribution is 4.97. The van der Waals surface area contributed by atoms with Crippen molar-refractivity contribution in [1.29, 1.82) is 0 Å². The lowest BCUT2D eigenvalue weighted by Gasteiger charge is -2.28. The Morgan fingerprint density at radius 2 is 2.00 bits per heavy atom. The van der Waals surface area contributed by atoms with Crippen LogP contribution in [0.5, 0.6) is 0 Å². The third-order valence-electron chi connectivity index (χ3n) is 3.44. The number of hydrogen-bond acceptors (Lipinski definition) is 2. The van der Waals surface area contributed by atoms with Crippen LogP contribution in [0.3, 0.4) is 0 Å². The van der Waals surface area contributed by atoms with Crippen molar-refractivity contribution in [1.82, 2.24) is 0 Å². The molecule has 0 aromatic heterocycles. The Balaban J connectivity index is 2.19. The van der Waals surface area contributed by atoms with Gasteiger partial charge in [-0.3, -0.25) is 0 Å². The van der Waals surface area contributed by atoms with Gasteiger partial charge in [-0.05, 0) is 46.0 Å². The third-order valence-corrected chi connectivity index (χ3v) is 3.44. The predicted octanol–water partition coefficient (Wildman–Crippen LogP) is 1.86. The largest absolute Gasteiger partial charge is 0.387 e. The molecule has 0 radical (unpaired) electrons. The lowest BCUT2D eigenvalue weighted by molar-refractivity contribution is -0.109. The quantitative estimate of drug-likeness (QED) is 0.601. The molecule has 0 saturated carbocycles. The first-order valence-corrected chi connectivity index (χ1v) is 4.92. The number of ether oxygens (including phenoxy) is 1. The van der Waals surface area contributed by atoms with Crippen LogP contribution in [0, 0.1) is 0 Å². The van der Waals surface area contributed by atoms with E-state index in [1.807, 2.05) is 6.92 Å². The van der Waals surface area contributed by atoms with E-state index in [-0.39, 0.29) is 11.7 Å². The highest BCUT2D eigenvalue weighted by Crippen LogP contribution is 2.43. The molecule has 70 valence electrons. The monoisotopic (exact) mass is 170 g/mol. The van der Waals surface area contributed by atoms with Crippen molar-refractivity contribution in [2.24, 2.45) is 0 Å². The minimum atomic E-state index is -0.575. The van der Waals surface area contributed by atoms with Gasteiger partial charge in [0.1, 0.15) is 0 Å². The summed E-state index contributed by atoms with van der Waals surface area (Å²) in [5.41, 5.74) is -0.501. The predicted molar refractivity (Wildman–Crippen MR) is 47.0 cm³/mol. The van der Waals surface area contributed by atoms with Crippen LogP contribution in [-0.4, -0.2) is 22.4 Å². The van der Waals surface area contributed by atoms with E-state index in [4.69, 9.17) is 4.74 Å². The lowest BCUT2D eigenvalue weighted by Crippen LogP contribution is -2.38. The summed E-state index contributed by atoms with van der Waals surface area (Å²) in [6.45, 7) is 4.09. The summed E-state index contributed by atoms with van der Waals surface area (Å²) in [6, 6.07) is 0. The molecule has 0 aromatic carbocycles. The van der Waals surface area contributed by atoms with Crippen LogP contribution in [0.4, 0.5) is 0 Å². The van der Waals surface area contributed by atoms with Crippen molar-refractivity contribution < 1.29 is 9.84 Å². The second-order valence-corrected chi connectivity index (χ2v) is 4.81. The molecule has 2 bridgehead atoms. The molecule has 0 aromatic rings. The van der Waals surface area contributed by atoms with Crippen molar-refractivity contribution in [3.05, 3.63) is 0 Å². The van der Waals surface area contributed by atoms with Gasteiger partial charge in [0.15, 0.2) is 0 Å². The zero-order chi connectivity index (χ0) is 8.82. The summed E-state index contributed by atoms with van der Waals surface area (Å²) >= 11 is 0. The fourth-order valence-electron chi connectivity index (χ4n) is 2.50. The Morgan fingerprint density at radius 1 is 1.25 bits per heavy atom. The van der Waals surface area contributed by atoms with E-state index in [9.17, 15) is 5.11 Å². The Morgan fingerprint density at radius 3 is 2.75 bits per heavy atom. The maximum Gasteiger partial charge on any atom is 0.0880 e. The maximum atomic E-state index is 10.0. The van der Waals surface area contributed by atoms with Gasteiger partial charge in [-0.1, -0.05) is 0 Å². The minimum absolute atomic E-state index is 0.0746. The first kappa shape index (κ1) is 8.52. The topological polar surface area (TPSA) is 29.5 Å². The summed E-state index contributed by atoms with van der Waals surface area (Å²) in [5, 5.41) is 10.0. The lowest BCUT2D eigenvalue weighted by atomic mass is 9.85. The summed E-state index contributed by atoms with van der Waals surface area (Å²) in [7, 11) is 0. The first-order chi connectivity index (χ1) is 5.52. The molecule has 12 heavy (non-hydrogen) atoms. The molecule has 0 unspecified atom stereocenters. The second-order valence-electron chi connectivity index (χ2n) is 4.81. The molecule has 2 aliphatic rings. The van der Waals surface area contributed by atoms with E-state index in [1.54, 1.807) is 0 Å². The molecule has 2 aliphatic heterocycles. The SMILES string of the molecule is C[C@@]12CCC[C@@](C)(O)[C@@H](CC1)O2. The zero-order valence-electron chi connectivity index (χ0n) is 7.97. The summed E-state index contributed by atoms with van der Waals surface area (Å²) < 4.78 is 5.88.